The van der Waals surface area contributed by atoms with Crippen molar-refractivity contribution in [2.75, 3.05) is 0 Å². The van der Waals surface area contributed by atoms with Crippen LogP contribution >= 0.6 is 0 Å². The molecule has 0 spiro atoms. The Bertz CT molecular complexity index is 736. The molecule has 0 aliphatic carbocycles. The third kappa shape index (κ3) is 3.09. The van der Waals surface area contributed by atoms with Gasteiger partial charge in [-0.15, -0.1) is 0 Å². The Hall–Kier alpha value is -2.12. The molecule has 1 fully saturated rings. The molecule has 1 saturated heterocycles. The normalized spacial score (nSPS) is 18.8. The summed E-state index contributed by atoms with van der Waals surface area (Å²) in [6.07, 6.45) is 3.64. The number of carboxylic acids is 1. The molecule has 0 unspecified atom stereocenters. The summed E-state index contributed by atoms with van der Waals surface area (Å²) >= 11 is 0. The smallest absolute Gasteiger partial charge is 0.478 e. The van der Waals surface area contributed by atoms with Crippen LogP contribution in [0.3, 0.4) is 0 Å². The summed E-state index contributed by atoms with van der Waals surface area (Å²) in [5.74, 6) is -0.927. The van der Waals surface area contributed by atoms with E-state index in [-0.39, 0.29) is 16.8 Å². The highest BCUT2D eigenvalue weighted by Gasteiger charge is 2.52. The molecule has 1 N–H and O–H groups in total. The number of hydrogen-bond acceptors (Lipinski definition) is 4. The predicted molar refractivity (Wildman–Crippen MR) is 90.4 cm³/mol. The first-order chi connectivity index (χ1) is 11.2. The van der Waals surface area contributed by atoms with Gasteiger partial charge in [0.2, 0.25) is 0 Å². The third-order valence-corrected chi connectivity index (χ3v) is 4.72. The van der Waals surface area contributed by atoms with E-state index in [0.29, 0.717) is 6.54 Å². The zero-order valence-corrected chi connectivity index (χ0v) is 14.3. The first kappa shape index (κ1) is 16.7. The molecule has 0 amide bonds. The number of hydrogen-bond donors (Lipinski definition) is 1. The molecule has 1 aromatic carbocycles. The molecule has 0 atom stereocenters. The van der Waals surface area contributed by atoms with E-state index in [1.165, 1.54) is 0 Å². The monoisotopic (exact) mass is 328 g/mol. The summed E-state index contributed by atoms with van der Waals surface area (Å²) in [5, 5.41) is 13.3. The molecule has 3 rings (SSSR count). The Morgan fingerprint density at radius 3 is 2.29 bits per heavy atom. The third-order valence-electron chi connectivity index (χ3n) is 4.72. The maximum atomic E-state index is 10.9. The van der Waals surface area contributed by atoms with Gasteiger partial charge in [-0.25, -0.2) is 4.79 Å². The molecular formula is C17H21BN2O4. The molecular weight excluding hydrogens is 307 g/mol. The molecule has 0 saturated carbocycles. The summed E-state index contributed by atoms with van der Waals surface area (Å²) < 4.78 is 13.8. The Kier molecular flexibility index (Phi) is 4.01. The van der Waals surface area contributed by atoms with Crippen molar-refractivity contribution in [2.45, 2.75) is 45.4 Å². The largest absolute Gasteiger partial charge is 0.498 e. The van der Waals surface area contributed by atoms with Crippen molar-refractivity contribution < 1.29 is 19.2 Å². The van der Waals surface area contributed by atoms with Crippen molar-refractivity contribution >= 4 is 18.6 Å². The Morgan fingerprint density at radius 1 is 1.17 bits per heavy atom. The lowest BCUT2D eigenvalue weighted by Crippen LogP contribution is -2.41. The fourth-order valence-electron chi connectivity index (χ4n) is 2.51. The van der Waals surface area contributed by atoms with Crippen molar-refractivity contribution in [2.24, 2.45) is 0 Å². The lowest BCUT2D eigenvalue weighted by molar-refractivity contribution is 0.00578. The van der Waals surface area contributed by atoms with Crippen LogP contribution in [0.15, 0.2) is 36.7 Å². The standard InChI is InChI=1S/C17H21BN2O4/c1-16(2)17(3,4)24-18(23-16)14-9-19-20(11-14)10-12-5-7-13(8-6-12)15(21)22/h5-9,11H,10H2,1-4H3,(H,21,22). The molecule has 24 heavy (non-hydrogen) atoms. The van der Waals surface area contributed by atoms with Crippen LogP contribution in [0.1, 0.15) is 43.6 Å². The molecule has 1 aromatic heterocycles. The van der Waals surface area contributed by atoms with Crippen molar-refractivity contribution in [3.63, 3.8) is 0 Å². The van der Waals surface area contributed by atoms with E-state index in [0.717, 1.165) is 11.0 Å². The fourth-order valence-corrected chi connectivity index (χ4v) is 2.51. The molecule has 6 nitrogen and oxygen atoms in total. The summed E-state index contributed by atoms with van der Waals surface area (Å²) in [7, 11) is -0.432. The van der Waals surface area contributed by atoms with Crippen molar-refractivity contribution in [3.8, 4) is 0 Å². The van der Waals surface area contributed by atoms with E-state index in [4.69, 9.17) is 14.4 Å². The van der Waals surface area contributed by atoms with E-state index in [1.807, 2.05) is 33.9 Å². The van der Waals surface area contributed by atoms with Crippen LogP contribution in [0.4, 0.5) is 0 Å². The van der Waals surface area contributed by atoms with Crippen LogP contribution in [0.5, 0.6) is 0 Å². The molecule has 0 radical (unpaired) electrons. The van der Waals surface area contributed by atoms with Crippen molar-refractivity contribution in [3.05, 3.63) is 47.8 Å². The quantitative estimate of drug-likeness (QED) is 0.868. The van der Waals surface area contributed by atoms with Gasteiger partial charge in [-0.2, -0.15) is 5.10 Å². The van der Waals surface area contributed by atoms with Crippen LogP contribution in [0.25, 0.3) is 0 Å². The van der Waals surface area contributed by atoms with Gasteiger partial charge in [-0.05, 0) is 45.4 Å². The number of aromatic nitrogens is 2. The zero-order chi connectivity index (χ0) is 17.5. The van der Waals surface area contributed by atoms with E-state index in [9.17, 15) is 4.79 Å². The van der Waals surface area contributed by atoms with Gasteiger partial charge in [0.25, 0.3) is 0 Å². The summed E-state index contributed by atoms with van der Waals surface area (Å²) in [6.45, 7) is 8.62. The number of carbonyl (C=O) groups is 1. The first-order valence-corrected chi connectivity index (χ1v) is 7.88. The SMILES string of the molecule is CC1(C)OB(c2cnn(Cc3ccc(C(=O)O)cc3)c2)OC1(C)C. The summed E-state index contributed by atoms with van der Waals surface area (Å²) in [5.41, 5.74) is 1.36. The highest BCUT2D eigenvalue weighted by Crippen LogP contribution is 2.36. The average Bonchev–Trinajstić information content (AvgIpc) is 3.02. The van der Waals surface area contributed by atoms with E-state index in [1.54, 1.807) is 35.1 Å². The molecule has 126 valence electrons. The predicted octanol–water partition coefficient (Wildman–Crippen LogP) is 1.93. The molecule has 0 bridgehead atoms. The topological polar surface area (TPSA) is 73.6 Å². The molecule has 1 aliphatic rings. The number of nitrogens with zero attached hydrogens (tertiary/aromatic N) is 2. The highest BCUT2D eigenvalue weighted by atomic mass is 16.7. The number of benzene rings is 1. The average molecular weight is 328 g/mol. The van der Waals surface area contributed by atoms with Gasteiger partial charge in [-0.3, -0.25) is 4.68 Å². The van der Waals surface area contributed by atoms with E-state index < -0.39 is 13.1 Å². The highest BCUT2D eigenvalue weighted by molar-refractivity contribution is 6.61. The summed E-state index contributed by atoms with van der Waals surface area (Å²) in [4.78, 5) is 10.9. The van der Waals surface area contributed by atoms with Gasteiger partial charge in [-0.1, -0.05) is 12.1 Å². The second-order valence-corrected chi connectivity index (χ2v) is 7.06. The van der Waals surface area contributed by atoms with Crippen LogP contribution in [0.2, 0.25) is 0 Å². The second-order valence-electron chi connectivity index (χ2n) is 7.06. The zero-order valence-electron chi connectivity index (χ0n) is 14.3. The molecule has 2 aromatic rings. The maximum absolute atomic E-state index is 10.9. The minimum Gasteiger partial charge on any atom is -0.478 e. The van der Waals surface area contributed by atoms with Gasteiger partial charge in [0.15, 0.2) is 0 Å². The van der Waals surface area contributed by atoms with Crippen molar-refractivity contribution in [1.29, 1.82) is 0 Å². The van der Waals surface area contributed by atoms with Crippen LogP contribution in [0, 0.1) is 0 Å². The Balaban J connectivity index is 1.71. The molecule has 1 aliphatic heterocycles. The van der Waals surface area contributed by atoms with E-state index >= 15 is 0 Å². The fraction of sp³-hybridized carbons (Fsp3) is 0.412. The van der Waals surface area contributed by atoms with Crippen molar-refractivity contribution in [1.82, 2.24) is 9.78 Å². The second kappa shape index (κ2) is 5.75. The number of carboxylic acid groups (broad SMARTS) is 1. The Labute approximate surface area is 141 Å². The van der Waals surface area contributed by atoms with Crippen LogP contribution in [-0.2, 0) is 15.9 Å². The van der Waals surface area contributed by atoms with Gasteiger partial charge in [0.1, 0.15) is 0 Å². The number of aromatic carboxylic acids is 1. The maximum Gasteiger partial charge on any atom is 0.498 e. The number of rotatable bonds is 4. The van der Waals surface area contributed by atoms with E-state index in [2.05, 4.69) is 5.10 Å². The van der Waals surface area contributed by atoms with Gasteiger partial charge in [0.05, 0.1) is 23.3 Å². The summed E-state index contributed by atoms with van der Waals surface area (Å²) in [6, 6.07) is 6.77. The minimum atomic E-state index is -0.927. The first-order valence-electron chi connectivity index (χ1n) is 7.88. The molecule has 2 heterocycles. The minimum absolute atomic E-state index is 0.275. The van der Waals surface area contributed by atoms with Crippen LogP contribution in [-0.4, -0.2) is 39.2 Å². The lowest BCUT2D eigenvalue weighted by Gasteiger charge is -2.32. The van der Waals surface area contributed by atoms with Gasteiger partial charge >= 0.3 is 13.1 Å². The van der Waals surface area contributed by atoms with Crippen LogP contribution < -0.4 is 5.46 Å². The Morgan fingerprint density at radius 2 is 1.75 bits per heavy atom. The van der Waals surface area contributed by atoms with Gasteiger partial charge < -0.3 is 14.4 Å². The lowest BCUT2D eigenvalue weighted by atomic mass is 9.82. The van der Waals surface area contributed by atoms with Gasteiger partial charge in [0, 0.05) is 17.9 Å². The molecule has 7 heteroatoms.